The average molecular weight is 274 g/mol. The molecule has 2 rings (SSSR count). The molecule has 1 amide bonds. The minimum atomic E-state index is 0.208. The van der Waals surface area contributed by atoms with E-state index in [4.69, 9.17) is 0 Å². The Morgan fingerprint density at radius 3 is 2.50 bits per heavy atom. The van der Waals surface area contributed by atoms with E-state index in [1.54, 1.807) is 0 Å². The van der Waals surface area contributed by atoms with Crippen LogP contribution in [0.2, 0.25) is 0 Å². The Bertz CT molecular complexity index is 419. The Morgan fingerprint density at radius 2 is 1.90 bits per heavy atom. The third kappa shape index (κ3) is 4.34. The Balaban J connectivity index is 1.73. The van der Waals surface area contributed by atoms with Gasteiger partial charge in [-0.25, -0.2) is 0 Å². The summed E-state index contributed by atoms with van der Waals surface area (Å²) in [5, 5.41) is 6.36. The van der Waals surface area contributed by atoms with Crippen LogP contribution in [-0.2, 0) is 11.2 Å². The molecule has 3 nitrogen and oxygen atoms in total. The van der Waals surface area contributed by atoms with Gasteiger partial charge in [0.25, 0.3) is 0 Å². The van der Waals surface area contributed by atoms with E-state index < -0.39 is 0 Å². The van der Waals surface area contributed by atoms with Gasteiger partial charge in [-0.15, -0.1) is 0 Å². The van der Waals surface area contributed by atoms with Crippen molar-refractivity contribution in [1.29, 1.82) is 0 Å². The third-order valence-corrected chi connectivity index (χ3v) is 4.07. The lowest BCUT2D eigenvalue weighted by Crippen LogP contribution is -2.38. The summed E-state index contributed by atoms with van der Waals surface area (Å²) in [6.45, 7) is 7.08. The highest BCUT2D eigenvalue weighted by Crippen LogP contribution is 2.15. The van der Waals surface area contributed by atoms with Crippen LogP contribution in [0.5, 0.6) is 0 Å². The van der Waals surface area contributed by atoms with Crippen LogP contribution in [-0.4, -0.2) is 25.5 Å². The lowest BCUT2D eigenvalue weighted by atomic mass is 9.97. The Hall–Kier alpha value is -1.35. The van der Waals surface area contributed by atoms with Gasteiger partial charge in [0.1, 0.15) is 0 Å². The molecule has 1 aliphatic heterocycles. The van der Waals surface area contributed by atoms with Gasteiger partial charge in [0.2, 0.25) is 5.91 Å². The number of nitrogens with one attached hydrogen (secondary N) is 2. The minimum absolute atomic E-state index is 0.208. The molecule has 1 fully saturated rings. The van der Waals surface area contributed by atoms with Crippen LogP contribution >= 0.6 is 0 Å². The molecule has 110 valence electrons. The number of piperidine rings is 1. The molecular weight excluding hydrogens is 248 g/mol. The average Bonchev–Trinajstić information content (AvgIpc) is 2.48. The van der Waals surface area contributed by atoms with Crippen molar-refractivity contribution in [3.63, 3.8) is 0 Å². The number of amides is 1. The van der Waals surface area contributed by atoms with Gasteiger partial charge in [-0.3, -0.25) is 4.79 Å². The summed E-state index contributed by atoms with van der Waals surface area (Å²) < 4.78 is 0. The summed E-state index contributed by atoms with van der Waals surface area (Å²) in [5.74, 6) is 1.01. The Kier molecular flexibility index (Phi) is 5.60. The van der Waals surface area contributed by atoms with Gasteiger partial charge >= 0.3 is 0 Å². The highest BCUT2D eigenvalue weighted by atomic mass is 16.1. The van der Waals surface area contributed by atoms with Crippen molar-refractivity contribution in [2.45, 2.75) is 39.0 Å². The van der Waals surface area contributed by atoms with Gasteiger partial charge < -0.3 is 10.6 Å². The molecule has 1 aromatic rings. The number of hydrogen-bond donors (Lipinski definition) is 2. The first-order valence-corrected chi connectivity index (χ1v) is 7.74. The molecule has 20 heavy (non-hydrogen) atoms. The second-order valence-corrected chi connectivity index (χ2v) is 5.96. The highest BCUT2D eigenvalue weighted by Gasteiger charge is 2.20. The molecule has 2 N–H and O–H groups in total. The summed E-state index contributed by atoms with van der Waals surface area (Å²) >= 11 is 0. The Morgan fingerprint density at radius 1 is 1.25 bits per heavy atom. The van der Waals surface area contributed by atoms with Crippen molar-refractivity contribution in [3.05, 3.63) is 35.4 Å². The summed E-state index contributed by atoms with van der Waals surface area (Å²) in [6.07, 6.45) is 2.85. The van der Waals surface area contributed by atoms with E-state index in [1.807, 2.05) is 0 Å². The molecule has 3 heteroatoms. The van der Waals surface area contributed by atoms with Crippen LogP contribution in [0.1, 0.15) is 43.7 Å². The molecule has 0 atom stereocenters. The molecule has 0 spiro atoms. The van der Waals surface area contributed by atoms with Crippen molar-refractivity contribution in [3.8, 4) is 0 Å². The predicted molar refractivity (Wildman–Crippen MR) is 82.8 cm³/mol. The molecule has 0 aliphatic carbocycles. The largest absolute Gasteiger partial charge is 0.356 e. The van der Waals surface area contributed by atoms with Gasteiger partial charge in [0.05, 0.1) is 0 Å². The van der Waals surface area contributed by atoms with Crippen molar-refractivity contribution < 1.29 is 4.79 Å². The molecule has 0 radical (unpaired) electrons. The summed E-state index contributed by atoms with van der Waals surface area (Å²) in [7, 11) is 0. The lowest BCUT2D eigenvalue weighted by Gasteiger charge is -2.21. The van der Waals surface area contributed by atoms with Crippen LogP contribution in [0.25, 0.3) is 0 Å². The van der Waals surface area contributed by atoms with Crippen molar-refractivity contribution in [1.82, 2.24) is 10.6 Å². The molecular formula is C17H26N2O. The first kappa shape index (κ1) is 15.0. The van der Waals surface area contributed by atoms with E-state index in [0.717, 1.165) is 38.9 Å². The van der Waals surface area contributed by atoms with Crippen LogP contribution < -0.4 is 10.6 Å². The molecule has 0 unspecified atom stereocenters. The third-order valence-electron chi connectivity index (χ3n) is 4.07. The SMILES string of the molecule is CC(C)c1ccc(CCNC(=O)C2CCNCC2)cc1. The maximum atomic E-state index is 12.0. The topological polar surface area (TPSA) is 41.1 Å². The first-order valence-electron chi connectivity index (χ1n) is 7.74. The van der Waals surface area contributed by atoms with E-state index >= 15 is 0 Å². The van der Waals surface area contributed by atoms with Crippen LogP contribution in [0.15, 0.2) is 24.3 Å². The zero-order valence-corrected chi connectivity index (χ0v) is 12.6. The van der Waals surface area contributed by atoms with Crippen molar-refractivity contribution in [2.75, 3.05) is 19.6 Å². The van der Waals surface area contributed by atoms with Crippen LogP contribution in [0.3, 0.4) is 0 Å². The maximum Gasteiger partial charge on any atom is 0.223 e. The van der Waals surface area contributed by atoms with E-state index in [9.17, 15) is 4.79 Å². The molecule has 1 heterocycles. The fourth-order valence-electron chi connectivity index (χ4n) is 2.63. The van der Waals surface area contributed by atoms with Crippen LogP contribution in [0, 0.1) is 5.92 Å². The zero-order chi connectivity index (χ0) is 14.4. The normalized spacial score (nSPS) is 16.4. The summed E-state index contributed by atoms with van der Waals surface area (Å²) in [6, 6.07) is 8.72. The number of carbonyl (C=O) groups is 1. The fraction of sp³-hybridized carbons (Fsp3) is 0.588. The second-order valence-electron chi connectivity index (χ2n) is 5.96. The van der Waals surface area contributed by atoms with E-state index in [2.05, 4.69) is 48.7 Å². The zero-order valence-electron chi connectivity index (χ0n) is 12.6. The number of hydrogen-bond acceptors (Lipinski definition) is 2. The van der Waals surface area contributed by atoms with Gasteiger partial charge in [0.15, 0.2) is 0 Å². The molecule has 0 bridgehead atoms. The van der Waals surface area contributed by atoms with Crippen molar-refractivity contribution >= 4 is 5.91 Å². The number of carbonyl (C=O) groups excluding carboxylic acids is 1. The van der Waals surface area contributed by atoms with E-state index in [1.165, 1.54) is 11.1 Å². The molecule has 1 aromatic carbocycles. The van der Waals surface area contributed by atoms with E-state index in [-0.39, 0.29) is 11.8 Å². The molecule has 0 saturated carbocycles. The monoisotopic (exact) mass is 274 g/mol. The lowest BCUT2D eigenvalue weighted by molar-refractivity contribution is -0.125. The minimum Gasteiger partial charge on any atom is -0.356 e. The number of benzene rings is 1. The summed E-state index contributed by atoms with van der Waals surface area (Å²) in [4.78, 5) is 12.0. The first-order chi connectivity index (χ1) is 9.66. The quantitative estimate of drug-likeness (QED) is 0.866. The standard InChI is InChI=1S/C17H26N2O/c1-13(2)15-5-3-14(4-6-15)7-12-19-17(20)16-8-10-18-11-9-16/h3-6,13,16,18H,7-12H2,1-2H3,(H,19,20). The van der Waals surface area contributed by atoms with Crippen molar-refractivity contribution in [2.24, 2.45) is 5.92 Å². The molecule has 1 saturated heterocycles. The maximum absolute atomic E-state index is 12.0. The smallest absolute Gasteiger partial charge is 0.223 e. The summed E-state index contributed by atoms with van der Waals surface area (Å²) in [5.41, 5.74) is 2.66. The predicted octanol–water partition coefficient (Wildman–Crippen LogP) is 2.47. The van der Waals surface area contributed by atoms with Gasteiger partial charge in [-0.05, 0) is 49.4 Å². The molecule has 0 aromatic heterocycles. The van der Waals surface area contributed by atoms with Crippen LogP contribution in [0.4, 0.5) is 0 Å². The fourth-order valence-corrected chi connectivity index (χ4v) is 2.63. The van der Waals surface area contributed by atoms with Gasteiger partial charge in [-0.1, -0.05) is 38.1 Å². The molecule has 1 aliphatic rings. The van der Waals surface area contributed by atoms with E-state index in [0.29, 0.717) is 5.92 Å². The second kappa shape index (κ2) is 7.44. The highest BCUT2D eigenvalue weighted by molar-refractivity contribution is 5.78. The Labute approximate surface area is 122 Å². The van der Waals surface area contributed by atoms with Gasteiger partial charge in [-0.2, -0.15) is 0 Å². The van der Waals surface area contributed by atoms with Gasteiger partial charge in [0, 0.05) is 12.5 Å². The number of rotatable bonds is 5.